The van der Waals surface area contributed by atoms with Crippen molar-refractivity contribution < 1.29 is 8.78 Å². The summed E-state index contributed by atoms with van der Waals surface area (Å²) in [5.41, 5.74) is -0.0780. The smallest absolute Gasteiger partial charge is 0.256 e. The predicted octanol–water partition coefficient (Wildman–Crippen LogP) is 4.09. The molecule has 0 N–H and O–H groups in total. The molecule has 0 saturated carbocycles. The van der Waals surface area contributed by atoms with Crippen LogP contribution in [0.25, 0.3) is 0 Å². The number of aromatic nitrogens is 2. The minimum absolute atomic E-state index is 0.189. The average Bonchev–Trinajstić information content (AvgIpc) is 2.44. The second kappa shape index (κ2) is 4.70. The molecule has 5 heteroatoms. The molecule has 0 radical (unpaired) electrons. The molecular formula is C11H17ClF2N2. The zero-order valence-corrected chi connectivity index (χ0v) is 10.8. The predicted molar refractivity (Wildman–Crippen MR) is 61.1 cm³/mol. The summed E-state index contributed by atoms with van der Waals surface area (Å²) in [5, 5.41) is 4.11. The van der Waals surface area contributed by atoms with Gasteiger partial charge >= 0.3 is 0 Å². The van der Waals surface area contributed by atoms with E-state index in [0.29, 0.717) is 10.7 Å². The normalized spacial score (nSPS) is 12.5. The van der Waals surface area contributed by atoms with Crippen LogP contribution in [-0.4, -0.2) is 9.78 Å². The van der Waals surface area contributed by atoms with Crippen LogP contribution in [0.15, 0.2) is 0 Å². The van der Waals surface area contributed by atoms with Gasteiger partial charge in [0.05, 0.1) is 0 Å². The molecule has 0 bridgehead atoms. The van der Waals surface area contributed by atoms with Crippen molar-refractivity contribution in [1.82, 2.24) is 9.78 Å². The van der Waals surface area contributed by atoms with Crippen LogP contribution in [0.1, 0.15) is 51.3 Å². The highest BCUT2D eigenvalue weighted by Crippen LogP contribution is 2.39. The van der Waals surface area contributed by atoms with Crippen LogP contribution in [0, 0.1) is 0 Å². The van der Waals surface area contributed by atoms with Crippen molar-refractivity contribution in [3.63, 3.8) is 0 Å². The fourth-order valence-electron chi connectivity index (χ4n) is 2.05. The van der Waals surface area contributed by atoms with Gasteiger partial charge in [0.2, 0.25) is 0 Å². The second-order valence-electron chi connectivity index (χ2n) is 4.61. The maximum atomic E-state index is 12.9. The van der Waals surface area contributed by atoms with Crippen molar-refractivity contribution in [3.05, 3.63) is 16.4 Å². The molecule has 0 atom stereocenters. The highest BCUT2D eigenvalue weighted by Gasteiger charge is 2.32. The van der Waals surface area contributed by atoms with Gasteiger partial charge in [-0.2, -0.15) is 5.10 Å². The fourth-order valence-corrected chi connectivity index (χ4v) is 2.44. The Kier molecular flexibility index (Phi) is 3.94. The third kappa shape index (κ3) is 2.37. The van der Waals surface area contributed by atoms with E-state index in [0.717, 1.165) is 12.8 Å². The third-order valence-corrected chi connectivity index (χ3v) is 3.20. The van der Waals surface area contributed by atoms with Crippen LogP contribution < -0.4 is 0 Å². The fraction of sp³-hybridized carbons (Fsp3) is 0.727. The van der Waals surface area contributed by atoms with Gasteiger partial charge < -0.3 is 0 Å². The molecule has 0 unspecified atom stereocenters. The van der Waals surface area contributed by atoms with Gasteiger partial charge in [-0.05, 0) is 11.8 Å². The van der Waals surface area contributed by atoms with Gasteiger partial charge in [-0.3, -0.25) is 4.68 Å². The summed E-state index contributed by atoms with van der Waals surface area (Å²) in [4.78, 5) is 0. The number of hydrogen-bond acceptors (Lipinski definition) is 1. The van der Waals surface area contributed by atoms with E-state index in [1.807, 2.05) is 20.8 Å². The highest BCUT2D eigenvalue weighted by atomic mass is 35.5. The zero-order chi connectivity index (χ0) is 12.5. The van der Waals surface area contributed by atoms with Gasteiger partial charge in [-0.25, -0.2) is 8.78 Å². The monoisotopic (exact) mass is 250 g/mol. The molecule has 0 spiro atoms. The summed E-state index contributed by atoms with van der Waals surface area (Å²) in [7, 11) is 1.58. The molecule has 1 heterocycles. The van der Waals surface area contributed by atoms with E-state index in [2.05, 4.69) is 5.10 Å². The number of aryl methyl sites for hydroxylation is 1. The zero-order valence-electron chi connectivity index (χ0n) is 10.0. The maximum Gasteiger partial charge on any atom is 0.282 e. The van der Waals surface area contributed by atoms with Gasteiger partial charge in [-0.15, -0.1) is 0 Å². The molecule has 0 saturated heterocycles. The quantitative estimate of drug-likeness (QED) is 0.787. The van der Waals surface area contributed by atoms with Crippen molar-refractivity contribution in [2.24, 2.45) is 7.05 Å². The summed E-state index contributed by atoms with van der Waals surface area (Å²) in [6.07, 6.45) is -0.858. The molecule has 0 aliphatic heterocycles. The summed E-state index contributed by atoms with van der Waals surface area (Å²) < 4.78 is 27.0. The molecule has 0 fully saturated rings. The maximum absolute atomic E-state index is 12.9. The molecule has 1 rings (SSSR count). The summed E-state index contributed by atoms with van der Waals surface area (Å²) in [6.45, 7) is 5.87. The molecular weight excluding hydrogens is 234 g/mol. The Bertz CT molecular complexity index is 372. The minimum atomic E-state index is -2.58. The first kappa shape index (κ1) is 13.4. The molecule has 0 aromatic carbocycles. The Morgan fingerprint density at radius 1 is 1.44 bits per heavy atom. The standard InChI is InChI=1S/C11H17ClF2N2/c1-5-6-11(2,3)7-8(10(13)14)15-16(4)9(7)12/h10H,5-6H2,1-4H3. The first-order valence-corrected chi connectivity index (χ1v) is 5.70. The number of hydrogen-bond donors (Lipinski definition) is 0. The Morgan fingerprint density at radius 2 is 2.00 bits per heavy atom. The lowest BCUT2D eigenvalue weighted by Crippen LogP contribution is -2.18. The molecule has 0 aliphatic rings. The number of nitrogens with zero attached hydrogens (tertiary/aromatic N) is 2. The van der Waals surface area contributed by atoms with E-state index in [9.17, 15) is 8.78 Å². The summed E-state index contributed by atoms with van der Waals surface area (Å²) >= 11 is 6.05. The van der Waals surface area contributed by atoms with Crippen LogP contribution in [0.4, 0.5) is 8.78 Å². The lowest BCUT2D eigenvalue weighted by atomic mass is 9.81. The molecule has 16 heavy (non-hydrogen) atoms. The van der Waals surface area contributed by atoms with E-state index in [4.69, 9.17) is 11.6 Å². The van der Waals surface area contributed by atoms with Crippen LogP contribution in [0.3, 0.4) is 0 Å². The van der Waals surface area contributed by atoms with E-state index in [1.54, 1.807) is 7.05 Å². The van der Waals surface area contributed by atoms with Crippen LogP contribution >= 0.6 is 11.6 Å². The second-order valence-corrected chi connectivity index (χ2v) is 4.97. The average molecular weight is 251 g/mol. The molecule has 0 amide bonds. The molecule has 2 nitrogen and oxygen atoms in total. The first-order valence-electron chi connectivity index (χ1n) is 5.32. The van der Waals surface area contributed by atoms with Gasteiger partial charge in [0.15, 0.2) is 0 Å². The highest BCUT2D eigenvalue weighted by molar-refractivity contribution is 6.30. The van der Waals surface area contributed by atoms with Gasteiger partial charge in [0.25, 0.3) is 6.43 Å². The van der Waals surface area contributed by atoms with E-state index >= 15 is 0 Å². The summed E-state index contributed by atoms with van der Waals surface area (Å²) in [5.74, 6) is 0. The Balaban J connectivity index is 3.30. The molecule has 0 aliphatic carbocycles. The van der Waals surface area contributed by atoms with Crippen molar-refractivity contribution >= 4 is 11.6 Å². The van der Waals surface area contributed by atoms with Gasteiger partial charge in [0.1, 0.15) is 10.8 Å². The van der Waals surface area contributed by atoms with Crippen molar-refractivity contribution in [2.45, 2.75) is 45.5 Å². The first-order chi connectivity index (χ1) is 7.31. The SMILES string of the molecule is CCCC(C)(C)c1c(C(F)F)nn(C)c1Cl. The number of alkyl halides is 2. The van der Waals surface area contributed by atoms with Crippen molar-refractivity contribution in [1.29, 1.82) is 0 Å². The number of rotatable bonds is 4. The van der Waals surface area contributed by atoms with Gasteiger partial charge in [-0.1, -0.05) is 38.8 Å². The van der Waals surface area contributed by atoms with E-state index in [-0.39, 0.29) is 11.1 Å². The lowest BCUT2D eigenvalue weighted by molar-refractivity contribution is 0.142. The van der Waals surface area contributed by atoms with Gasteiger partial charge in [0, 0.05) is 12.6 Å². The lowest BCUT2D eigenvalue weighted by Gasteiger charge is -2.24. The Morgan fingerprint density at radius 3 is 2.44 bits per heavy atom. The van der Waals surface area contributed by atoms with Crippen LogP contribution in [0.2, 0.25) is 5.15 Å². The van der Waals surface area contributed by atoms with E-state index < -0.39 is 6.43 Å². The molecule has 1 aromatic heterocycles. The molecule has 92 valence electrons. The summed E-state index contributed by atoms with van der Waals surface area (Å²) in [6, 6.07) is 0. The topological polar surface area (TPSA) is 17.8 Å². The largest absolute Gasteiger partial charge is 0.282 e. The Labute approximate surface area is 99.6 Å². The van der Waals surface area contributed by atoms with E-state index in [1.165, 1.54) is 4.68 Å². The minimum Gasteiger partial charge on any atom is -0.256 e. The van der Waals surface area contributed by atoms with Crippen molar-refractivity contribution in [3.8, 4) is 0 Å². The molecule has 1 aromatic rings. The third-order valence-electron chi connectivity index (χ3n) is 2.76. The van der Waals surface area contributed by atoms with Crippen LogP contribution in [0.5, 0.6) is 0 Å². The number of halogens is 3. The Hall–Kier alpha value is -0.640. The van der Waals surface area contributed by atoms with Crippen LogP contribution in [-0.2, 0) is 12.5 Å². The van der Waals surface area contributed by atoms with Crippen molar-refractivity contribution in [2.75, 3.05) is 0 Å².